The number of anilines is 3. The standard InChI is InChI=1S/C24H25N7O3/c1-2-30-10-12-31(13-11-30)18-8-9-20(21(14-18)34-23(26)32)28-24-27-16-17(15-25)22(29-24)33-19-6-4-3-5-7-19/h3-9,14,16H,2,10-13H2,1H3,(H2,26,32)(H,27,28,29). The van der Waals surface area contributed by atoms with Gasteiger partial charge in [0.15, 0.2) is 5.75 Å². The van der Waals surface area contributed by atoms with Crippen LogP contribution >= 0.6 is 0 Å². The van der Waals surface area contributed by atoms with Crippen LogP contribution in [0.25, 0.3) is 0 Å². The Kier molecular flexibility index (Phi) is 7.05. The number of likely N-dealkylation sites (N-methyl/N-ethyl adjacent to an activating group) is 1. The molecule has 174 valence electrons. The molecule has 1 saturated heterocycles. The summed E-state index contributed by atoms with van der Waals surface area (Å²) in [6, 6.07) is 16.5. The van der Waals surface area contributed by atoms with Crippen LogP contribution in [0.3, 0.4) is 0 Å². The molecular weight excluding hydrogens is 434 g/mol. The molecule has 2 heterocycles. The van der Waals surface area contributed by atoms with Crippen molar-refractivity contribution < 1.29 is 14.3 Å². The number of carbonyl (C=O) groups excluding carboxylic acids is 1. The normalized spacial score (nSPS) is 13.7. The van der Waals surface area contributed by atoms with Crippen LogP contribution in [0, 0.1) is 11.3 Å². The number of amides is 1. The molecule has 10 heteroatoms. The van der Waals surface area contributed by atoms with Gasteiger partial charge in [-0.05, 0) is 30.8 Å². The molecule has 3 aromatic rings. The third kappa shape index (κ3) is 5.51. The van der Waals surface area contributed by atoms with Crippen LogP contribution in [-0.4, -0.2) is 53.7 Å². The van der Waals surface area contributed by atoms with E-state index in [1.54, 1.807) is 24.3 Å². The molecule has 0 atom stereocenters. The molecule has 2 aromatic carbocycles. The maximum Gasteiger partial charge on any atom is 0.410 e. The number of aromatic nitrogens is 2. The van der Waals surface area contributed by atoms with Gasteiger partial charge in [0.05, 0.1) is 11.9 Å². The smallest absolute Gasteiger partial charge is 0.410 e. The van der Waals surface area contributed by atoms with E-state index in [4.69, 9.17) is 15.2 Å². The van der Waals surface area contributed by atoms with Gasteiger partial charge in [-0.1, -0.05) is 25.1 Å². The monoisotopic (exact) mass is 459 g/mol. The van der Waals surface area contributed by atoms with E-state index in [0.29, 0.717) is 11.4 Å². The highest BCUT2D eigenvalue weighted by Gasteiger charge is 2.19. The molecule has 1 fully saturated rings. The van der Waals surface area contributed by atoms with Crippen LogP contribution in [0.1, 0.15) is 12.5 Å². The number of piperazine rings is 1. The van der Waals surface area contributed by atoms with Crippen molar-refractivity contribution >= 4 is 23.4 Å². The largest absolute Gasteiger partial charge is 0.438 e. The summed E-state index contributed by atoms with van der Waals surface area (Å²) in [4.78, 5) is 24.7. The van der Waals surface area contributed by atoms with E-state index in [0.717, 1.165) is 38.4 Å². The Labute approximate surface area is 197 Å². The quantitative estimate of drug-likeness (QED) is 0.545. The molecule has 0 aliphatic carbocycles. The Morgan fingerprint density at radius 3 is 2.62 bits per heavy atom. The van der Waals surface area contributed by atoms with Gasteiger partial charge >= 0.3 is 6.09 Å². The zero-order chi connectivity index (χ0) is 23.9. The first kappa shape index (κ1) is 22.8. The molecule has 34 heavy (non-hydrogen) atoms. The topological polar surface area (TPSA) is 130 Å². The van der Waals surface area contributed by atoms with Crippen LogP contribution in [-0.2, 0) is 0 Å². The maximum absolute atomic E-state index is 11.5. The Hall–Kier alpha value is -4.36. The minimum atomic E-state index is -0.926. The Bertz CT molecular complexity index is 1190. The Balaban J connectivity index is 1.58. The molecule has 1 aromatic heterocycles. The summed E-state index contributed by atoms with van der Waals surface area (Å²) in [5, 5.41) is 12.4. The second-order valence-corrected chi connectivity index (χ2v) is 7.59. The number of nitriles is 1. The van der Waals surface area contributed by atoms with E-state index in [1.165, 1.54) is 6.20 Å². The third-order valence-electron chi connectivity index (χ3n) is 5.44. The lowest BCUT2D eigenvalue weighted by Crippen LogP contribution is -2.46. The number of nitrogens with one attached hydrogen (secondary N) is 1. The third-order valence-corrected chi connectivity index (χ3v) is 5.44. The van der Waals surface area contributed by atoms with Crippen molar-refractivity contribution in [2.45, 2.75) is 6.92 Å². The maximum atomic E-state index is 11.5. The minimum absolute atomic E-state index is 0.106. The van der Waals surface area contributed by atoms with Crippen LogP contribution in [0.4, 0.5) is 22.1 Å². The number of para-hydroxylation sites is 1. The number of benzene rings is 2. The van der Waals surface area contributed by atoms with Gasteiger partial charge in [0.1, 0.15) is 17.4 Å². The summed E-state index contributed by atoms with van der Waals surface area (Å²) in [6.45, 7) is 6.84. The fourth-order valence-electron chi connectivity index (χ4n) is 3.63. The second-order valence-electron chi connectivity index (χ2n) is 7.59. The second kappa shape index (κ2) is 10.5. The number of rotatable bonds is 7. The van der Waals surface area contributed by atoms with Gasteiger partial charge in [0, 0.05) is 37.9 Å². The minimum Gasteiger partial charge on any atom is -0.438 e. The molecular formula is C24H25N7O3. The summed E-state index contributed by atoms with van der Waals surface area (Å²) in [6.07, 6.45) is 0.439. The highest BCUT2D eigenvalue weighted by atomic mass is 16.5. The van der Waals surface area contributed by atoms with Gasteiger partial charge < -0.3 is 30.3 Å². The summed E-state index contributed by atoms with van der Waals surface area (Å²) < 4.78 is 11.0. The van der Waals surface area contributed by atoms with Crippen molar-refractivity contribution in [1.82, 2.24) is 14.9 Å². The van der Waals surface area contributed by atoms with E-state index in [-0.39, 0.29) is 23.1 Å². The van der Waals surface area contributed by atoms with Gasteiger partial charge in [-0.3, -0.25) is 0 Å². The Morgan fingerprint density at radius 1 is 1.18 bits per heavy atom. The molecule has 4 rings (SSSR count). The van der Waals surface area contributed by atoms with E-state index in [9.17, 15) is 10.1 Å². The highest BCUT2D eigenvalue weighted by Crippen LogP contribution is 2.33. The molecule has 3 N–H and O–H groups in total. The lowest BCUT2D eigenvalue weighted by atomic mass is 10.2. The molecule has 0 radical (unpaired) electrons. The van der Waals surface area contributed by atoms with Crippen molar-refractivity contribution in [2.24, 2.45) is 5.73 Å². The Morgan fingerprint density at radius 2 is 1.94 bits per heavy atom. The van der Waals surface area contributed by atoms with Crippen LogP contribution < -0.4 is 25.4 Å². The lowest BCUT2D eigenvalue weighted by Gasteiger charge is -2.35. The van der Waals surface area contributed by atoms with Crippen LogP contribution in [0.5, 0.6) is 17.4 Å². The van der Waals surface area contributed by atoms with Crippen molar-refractivity contribution in [3.05, 3.63) is 60.3 Å². The zero-order valence-corrected chi connectivity index (χ0v) is 18.8. The van der Waals surface area contributed by atoms with Gasteiger partial charge in [-0.15, -0.1) is 0 Å². The van der Waals surface area contributed by atoms with E-state index in [2.05, 4.69) is 32.0 Å². The van der Waals surface area contributed by atoms with Gasteiger partial charge in [0.2, 0.25) is 11.8 Å². The zero-order valence-electron chi connectivity index (χ0n) is 18.8. The first-order valence-electron chi connectivity index (χ1n) is 10.9. The fraction of sp³-hybridized carbons (Fsp3) is 0.250. The predicted octanol–water partition coefficient (Wildman–Crippen LogP) is 3.48. The van der Waals surface area contributed by atoms with Crippen molar-refractivity contribution in [3.8, 4) is 23.4 Å². The van der Waals surface area contributed by atoms with Crippen LogP contribution in [0.2, 0.25) is 0 Å². The van der Waals surface area contributed by atoms with Gasteiger partial charge in [-0.25, -0.2) is 9.78 Å². The SMILES string of the molecule is CCN1CCN(c2ccc(Nc3ncc(C#N)c(Oc4ccccc4)n3)c(OC(N)=O)c2)CC1. The van der Waals surface area contributed by atoms with Crippen molar-refractivity contribution in [1.29, 1.82) is 5.26 Å². The predicted molar refractivity (Wildman–Crippen MR) is 128 cm³/mol. The van der Waals surface area contributed by atoms with Crippen molar-refractivity contribution in [2.75, 3.05) is 42.9 Å². The molecule has 0 spiro atoms. The molecule has 0 unspecified atom stereocenters. The molecule has 1 aliphatic rings. The number of hydrogen-bond donors (Lipinski definition) is 2. The van der Waals surface area contributed by atoms with Gasteiger partial charge in [-0.2, -0.15) is 10.2 Å². The van der Waals surface area contributed by atoms with E-state index >= 15 is 0 Å². The summed E-state index contributed by atoms with van der Waals surface area (Å²) >= 11 is 0. The highest BCUT2D eigenvalue weighted by molar-refractivity contribution is 5.75. The van der Waals surface area contributed by atoms with E-state index in [1.807, 2.05) is 30.3 Å². The number of carbonyl (C=O) groups is 1. The molecule has 10 nitrogen and oxygen atoms in total. The lowest BCUT2D eigenvalue weighted by molar-refractivity contribution is 0.211. The summed E-state index contributed by atoms with van der Waals surface area (Å²) in [5.41, 5.74) is 6.86. The number of nitrogens with two attached hydrogens (primary N) is 1. The number of primary amides is 1. The molecule has 1 amide bonds. The van der Waals surface area contributed by atoms with E-state index < -0.39 is 6.09 Å². The molecule has 1 aliphatic heterocycles. The average molecular weight is 460 g/mol. The fourth-order valence-corrected chi connectivity index (χ4v) is 3.63. The summed E-state index contributed by atoms with van der Waals surface area (Å²) in [5.74, 6) is 1.06. The number of hydrogen-bond acceptors (Lipinski definition) is 9. The number of ether oxygens (including phenoxy) is 2. The molecule has 0 bridgehead atoms. The number of nitrogens with zero attached hydrogens (tertiary/aromatic N) is 5. The molecule has 0 saturated carbocycles. The first-order chi connectivity index (χ1) is 16.6. The summed E-state index contributed by atoms with van der Waals surface area (Å²) in [7, 11) is 0. The van der Waals surface area contributed by atoms with Crippen molar-refractivity contribution in [3.63, 3.8) is 0 Å². The van der Waals surface area contributed by atoms with Gasteiger partial charge in [0.25, 0.3) is 0 Å². The van der Waals surface area contributed by atoms with Crippen LogP contribution in [0.15, 0.2) is 54.7 Å². The first-order valence-corrected chi connectivity index (χ1v) is 10.9. The average Bonchev–Trinajstić information content (AvgIpc) is 2.86.